The summed E-state index contributed by atoms with van der Waals surface area (Å²) in [6.07, 6.45) is 2.63. The molecule has 3 rings (SSSR count). The van der Waals surface area contributed by atoms with Crippen LogP contribution in [0.4, 0.5) is 5.69 Å². The van der Waals surface area contributed by atoms with Crippen LogP contribution < -0.4 is 10.2 Å². The zero-order chi connectivity index (χ0) is 16.8. The molecule has 0 aromatic heterocycles. The summed E-state index contributed by atoms with van der Waals surface area (Å²) in [6, 6.07) is 7.91. The number of benzene rings is 1. The fourth-order valence-corrected chi connectivity index (χ4v) is 3.48. The van der Waals surface area contributed by atoms with E-state index in [1.54, 1.807) is 0 Å². The second-order valence-electron chi connectivity index (χ2n) is 6.97. The Bertz CT molecular complexity index is 520. The molecule has 1 aromatic carbocycles. The molecule has 5 nitrogen and oxygen atoms in total. The van der Waals surface area contributed by atoms with Gasteiger partial charge in [0.1, 0.15) is 0 Å². The summed E-state index contributed by atoms with van der Waals surface area (Å²) in [5.41, 5.74) is 1.90. The Morgan fingerprint density at radius 1 is 1.12 bits per heavy atom. The number of rotatable bonds is 6. The van der Waals surface area contributed by atoms with Gasteiger partial charge in [-0.05, 0) is 56.1 Å². The van der Waals surface area contributed by atoms with Crippen LogP contribution >= 0.6 is 0 Å². The van der Waals surface area contributed by atoms with Crippen LogP contribution in [0, 0.1) is 5.92 Å². The van der Waals surface area contributed by atoms with Crippen LogP contribution in [0.25, 0.3) is 0 Å². The lowest BCUT2D eigenvalue weighted by Gasteiger charge is -2.28. The first-order valence-electron chi connectivity index (χ1n) is 9.15. The van der Waals surface area contributed by atoms with Crippen LogP contribution in [0.2, 0.25) is 0 Å². The third kappa shape index (κ3) is 4.71. The van der Waals surface area contributed by atoms with Crippen LogP contribution in [0.5, 0.6) is 0 Å². The van der Waals surface area contributed by atoms with Crippen LogP contribution in [0.3, 0.4) is 0 Å². The van der Waals surface area contributed by atoms with E-state index >= 15 is 0 Å². The largest absolute Gasteiger partial charge is 0.378 e. The number of nitrogens with zero attached hydrogens (tertiary/aromatic N) is 2. The second-order valence-corrected chi connectivity index (χ2v) is 6.97. The number of amides is 1. The number of anilines is 1. The van der Waals surface area contributed by atoms with E-state index in [0.717, 1.165) is 50.6 Å². The molecule has 2 heterocycles. The van der Waals surface area contributed by atoms with Crippen molar-refractivity contribution >= 4 is 11.6 Å². The minimum atomic E-state index is 0.0248. The molecule has 0 unspecified atom stereocenters. The fourth-order valence-electron chi connectivity index (χ4n) is 3.48. The van der Waals surface area contributed by atoms with Gasteiger partial charge in [-0.25, -0.2) is 0 Å². The average Bonchev–Trinajstić information content (AvgIpc) is 3.13. The van der Waals surface area contributed by atoms with Gasteiger partial charge in [0.15, 0.2) is 0 Å². The molecular weight excluding hydrogens is 302 g/mol. The molecule has 2 aliphatic heterocycles. The first-order chi connectivity index (χ1) is 11.7. The number of hydrogen-bond acceptors (Lipinski definition) is 4. The van der Waals surface area contributed by atoms with Crippen LogP contribution in [-0.4, -0.2) is 63.3 Å². The third-order valence-corrected chi connectivity index (χ3v) is 4.89. The molecule has 1 aromatic rings. The molecule has 2 saturated heterocycles. The van der Waals surface area contributed by atoms with Crippen molar-refractivity contribution in [3.63, 3.8) is 0 Å². The molecule has 1 N–H and O–H groups in total. The predicted molar refractivity (Wildman–Crippen MR) is 96.6 cm³/mol. The van der Waals surface area contributed by atoms with Gasteiger partial charge in [-0.15, -0.1) is 0 Å². The molecule has 0 aliphatic carbocycles. The zero-order valence-electron chi connectivity index (χ0n) is 14.7. The van der Waals surface area contributed by atoms with Gasteiger partial charge in [0.2, 0.25) is 0 Å². The van der Waals surface area contributed by atoms with Crippen molar-refractivity contribution in [3.8, 4) is 0 Å². The van der Waals surface area contributed by atoms with Crippen LogP contribution in [-0.2, 0) is 4.74 Å². The minimum absolute atomic E-state index is 0.0248. The van der Waals surface area contributed by atoms with Crippen molar-refractivity contribution < 1.29 is 9.53 Å². The van der Waals surface area contributed by atoms with Gasteiger partial charge in [-0.2, -0.15) is 0 Å². The average molecular weight is 331 g/mol. The number of hydrogen-bond donors (Lipinski definition) is 1. The van der Waals surface area contributed by atoms with E-state index in [2.05, 4.69) is 22.0 Å². The minimum Gasteiger partial charge on any atom is -0.378 e. The Morgan fingerprint density at radius 2 is 1.79 bits per heavy atom. The van der Waals surface area contributed by atoms with E-state index in [-0.39, 0.29) is 5.91 Å². The lowest BCUT2D eigenvalue weighted by molar-refractivity contribution is 0.0945. The Kier molecular flexibility index (Phi) is 6.10. The number of nitrogens with one attached hydrogen (secondary N) is 1. The van der Waals surface area contributed by atoms with E-state index in [1.807, 2.05) is 24.3 Å². The van der Waals surface area contributed by atoms with Crippen molar-refractivity contribution in [2.45, 2.75) is 19.8 Å². The van der Waals surface area contributed by atoms with Gasteiger partial charge in [-0.1, -0.05) is 6.92 Å². The summed E-state index contributed by atoms with van der Waals surface area (Å²) in [6.45, 7) is 9.83. The Balaban J connectivity index is 1.45. The summed E-state index contributed by atoms with van der Waals surface area (Å²) >= 11 is 0. The summed E-state index contributed by atoms with van der Waals surface area (Å²) in [5.74, 6) is 0.511. The van der Waals surface area contributed by atoms with Gasteiger partial charge in [0.25, 0.3) is 5.91 Å². The Labute approximate surface area is 145 Å². The molecule has 5 heteroatoms. The SMILES string of the molecule is C[C@@H](CNC(=O)c1ccc(N2CCOCC2)cc1)CN1CCCC1. The maximum atomic E-state index is 12.3. The first kappa shape index (κ1) is 17.2. The first-order valence-corrected chi connectivity index (χ1v) is 9.15. The summed E-state index contributed by atoms with van der Waals surface area (Å²) in [5, 5.41) is 3.07. The van der Waals surface area contributed by atoms with Gasteiger partial charge in [0.05, 0.1) is 13.2 Å². The van der Waals surface area contributed by atoms with Crippen LogP contribution in [0.15, 0.2) is 24.3 Å². The highest BCUT2D eigenvalue weighted by molar-refractivity contribution is 5.94. The quantitative estimate of drug-likeness (QED) is 0.866. The zero-order valence-corrected chi connectivity index (χ0v) is 14.7. The van der Waals surface area contributed by atoms with Gasteiger partial charge >= 0.3 is 0 Å². The summed E-state index contributed by atoms with van der Waals surface area (Å²) < 4.78 is 5.38. The van der Waals surface area contributed by atoms with Gasteiger partial charge < -0.3 is 19.9 Å². The molecule has 132 valence electrons. The molecule has 2 aliphatic rings. The Morgan fingerprint density at radius 3 is 2.46 bits per heavy atom. The highest BCUT2D eigenvalue weighted by Crippen LogP contribution is 2.16. The molecule has 0 bridgehead atoms. The van der Waals surface area contributed by atoms with E-state index < -0.39 is 0 Å². The third-order valence-electron chi connectivity index (χ3n) is 4.89. The topological polar surface area (TPSA) is 44.8 Å². The van der Waals surface area contributed by atoms with Crippen LogP contribution in [0.1, 0.15) is 30.1 Å². The molecule has 0 saturated carbocycles. The second kappa shape index (κ2) is 8.49. The number of carbonyl (C=O) groups excluding carboxylic acids is 1. The van der Waals surface area contributed by atoms with Crippen molar-refractivity contribution in [1.29, 1.82) is 0 Å². The van der Waals surface area contributed by atoms with E-state index in [0.29, 0.717) is 5.92 Å². The number of morpholine rings is 1. The van der Waals surface area contributed by atoms with Crippen molar-refractivity contribution in [2.24, 2.45) is 5.92 Å². The van der Waals surface area contributed by atoms with Crippen molar-refractivity contribution in [1.82, 2.24) is 10.2 Å². The van der Waals surface area contributed by atoms with E-state index in [4.69, 9.17) is 4.74 Å². The highest BCUT2D eigenvalue weighted by Gasteiger charge is 2.16. The molecule has 1 atom stereocenters. The molecule has 1 amide bonds. The van der Waals surface area contributed by atoms with Crippen molar-refractivity contribution in [2.75, 3.05) is 57.4 Å². The molecule has 0 spiro atoms. The Hall–Kier alpha value is -1.59. The predicted octanol–water partition coefficient (Wildman–Crippen LogP) is 1.98. The van der Waals surface area contributed by atoms with E-state index in [9.17, 15) is 4.79 Å². The molecule has 24 heavy (non-hydrogen) atoms. The molecule has 2 fully saturated rings. The maximum Gasteiger partial charge on any atom is 0.251 e. The van der Waals surface area contributed by atoms with Gasteiger partial charge in [-0.3, -0.25) is 4.79 Å². The summed E-state index contributed by atoms with van der Waals surface area (Å²) in [7, 11) is 0. The molecule has 0 radical (unpaired) electrons. The number of likely N-dealkylation sites (tertiary alicyclic amines) is 1. The highest BCUT2D eigenvalue weighted by atomic mass is 16.5. The monoisotopic (exact) mass is 331 g/mol. The number of carbonyl (C=O) groups is 1. The van der Waals surface area contributed by atoms with E-state index in [1.165, 1.54) is 25.9 Å². The molecular formula is C19H29N3O2. The van der Waals surface area contributed by atoms with Gasteiger partial charge in [0, 0.05) is 37.4 Å². The summed E-state index contributed by atoms with van der Waals surface area (Å²) in [4.78, 5) is 17.1. The van der Waals surface area contributed by atoms with Crippen molar-refractivity contribution in [3.05, 3.63) is 29.8 Å². The lowest BCUT2D eigenvalue weighted by atomic mass is 10.1. The number of ether oxygens (including phenoxy) is 1. The fraction of sp³-hybridized carbons (Fsp3) is 0.632. The maximum absolute atomic E-state index is 12.3. The lowest BCUT2D eigenvalue weighted by Crippen LogP contribution is -2.36. The standard InChI is InChI=1S/C19H29N3O2/c1-16(15-21-8-2-3-9-21)14-20-19(23)17-4-6-18(7-5-17)22-10-12-24-13-11-22/h4-7,16H,2-3,8-15H2,1H3,(H,20,23)/t16-/m0/s1. The normalized spacial score (nSPS) is 20.1. The smallest absolute Gasteiger partial charge is 0.251 e.